The van der Waals surface area contributed by atoms with Crippen molar-refractivity contribution in [1.29, 1.82) is 0 Å². The first-order valence-corrected chi connectivity index (χ1v) is 8.22. The minimum atomic E-state index is -0.292. The summed E-state index contributed by atoms with van der Waals surface area (Å²) in [7, 11) is 0. The highest BCUT2D eigenvalue weighted by molar-refractivity contribution is 5.94. The molecule has 2 aromatic rings. The molecule has 5 heteroatoms. The molecule has 1 N–H and O–H groups in total. The number of hydrogen-bond donors (Lipinski definition) is 1. The van der Waals surface area contributed by atoms with Gasteiger partial charge in [-0.05, 0) is 49.6 Å². The lowest BCUT2D eigenvalue weighted by Gasteiger charge is -2.21. The summed E-state index contributed by atoms with van der Waals surface area (Å²) in [6, 6.07) is 11.9. The van der Waals surface area contributed by atoms with Gasteiger partial charge in [0.25, 0.3) is 0 Å². The molecule has 0 saturated heterocycles. The molecule has 2 aromatic carbocycles. The molecule has 4 nitrogen and oxygen atoms in total. The number of aryl methyl sites for hydroxylation is 2. The summed E-state index contributed by atoms with van der Waals surface area (Å²) in [6.07, 6.45) is 0.566. The van der Waals surface area contributed by atoms with E-state index in [1.807, 2.05) is 32.0 Å². The quantitative estimate of drug-likeness (QED) is 0.874. The topological polar surface area (TPSA) is 49.4 Å². The zero-order valence-corrected chi connectivity index (χ0v) is 14.8. The fourth-order valence-corrected chi connectivity index (χ4v) is 2.58. The van der Waals surface area contributed by atoms with Crippen LogP contribution in [0.15, 0.2) is 42.5 Å². The van der Waals surface area contributed by atoms with E-state index in [9.17, 15) is 14.0 Å². The molecular formula is C20H23FN2O2. The second-order valence-electron chi connectivity index (χ2n) is 6.18. The van der Waals surface area contributed by atoms with E-state index in [1.54, 1.807) is 12.1 Å². The molecular weight excluding hydrogens is 319 g/mol. The highest BCUT2D eigenvalue weighted by Gasteiger charge is 2.14. The Morgan fingerprint density at radius 1 is 1.08 bits per heavy atom. The van der Waals surface area contributed by atoms with Crippen molar-refractivity contribution in [3.05, 3.63) is 65.0 Å². The smallest absolute Gasteiger partial charge is 0.244 e. The van der Waals surface area contributed by atoms with Crippen molar-refractivity contribution in [1.82, 2.24) is 4.90 Å². The molecule has 0 aliphatic heterocycles. The number of carbonyl (C=O) groups excluding carboxylic acids is 2. The van der Waals surface area contributed by atoms with Gasteiger partial charge in [0.1, 0.15) is 5.82 Å². The molecule has 0 aliphatic carbocycles. The molecule has 0 radical (unpaired) electrons. The number of benzene rings is 2. The summed E-state index contributed by atoms with van der Waals surface area (Å²) in [5, 5.41) is 2.85. The summed E-state index contributed by atoms with van der Waals surface area (Å²) in [5.41, 5.74) is 3.77. The Bertz CT molecular complexity index is 757. The van der Waals surface area contributed by atoms with Crippen LogP contribution >= 0.6 is 0 Å². The maximum Gasteiger partial charge on any atom is 0.244 e. The number of nitrogens with zero attached hydrogens (tertiary/aromatic N) is 1. The van der Waals surface area contributed by atoms with Crippen LogP contribution in [-0.2, 0) is 16.0 Å². The standard InChI is InChI=1S/C20H23FN2O2/c1-14-4-9-19(15(2)12-14)22-20(25)13-23(16(3)24)11-10-17-5-7-18(21)8-6-17/h4-9,12H,10-11,13H2,1-3H3,(H,22,25). The van der Waals surface area contributed by atoms with Crippen LogP contribution in [-0.4, -0.2) is 29.8 Å². The van der Waals surface area contributed by atoms with Gasteiger partial charge in [-0.25, -0.2) is 4.39 Å². The minimum Gasteiger partial charge on any atom is -0.333 e. The lowest BCUT2D eigenvalue weighted by atomic mass is 10.1. The Morgan fingerprint density at radius 3 is 2.36 bits per heavy atom. The summed E-state index contributed by atoms with van der Waals surface area (Å²) >= 11 is 0. The van der Waals surface area contributed by atoms with Crippen molar-refractivity contribution in [2.45, 2.75) is 27.2 Å². The molecule has 0 aromatic heterocycles. The molecule has 0 atom stereocenters. The number of hydrogen-bond acceptors (Lipinski definition) is 2. The summed E-state index contributed by atoms with van der Waals surface area (Å²) < 4.78 is 12.9. The zero-order valence-electron chi connectivity index (χ0n) is 14.8. The van der Waals surface area contributed by atoms with Gasteiger partial charge in [0.2, 0.25) is 11.8 Å². The third-order valence-corrected chi connectivity index (χ3v) is 4.02. The summed E-state index contributed by atoms with van der Waals surface area (Å²) in [6.45, 7) is 5.76. The van der Waals surface area contributed by atoms with Crippen LogP contribution in [0.1, 0.15) is 23.6 Å². The molecule has 0 bridgehead atoms. The van der Waals surface area contributed by atoms with Gasteiger partial charge in [-0.3, -0.25) is 9.59 Å². The van der Waals surface area contributed by atoms with Crippen molar-refractivity contribution in [3.8, 4) is 0 Å². The van der Waals surface area contributed by atoms with Crippen LogP contribution < -0.4 is 5.32 Å². The number of amides is 2. The van der Waals surface area contributed by atoms with E-state index in [0.717, 1.165) is 22.4 Å². The Morgan fingerprint density at radius 2 is 1.76 bits per heavy atom. The van der Waals surface area contributed by atoms with E-state index in [4.69, 9.17) is 0 Å². The van der Waals surface area contributed by atoms with Gasteiger partial charge < -0.3 is 10.2 Å². The van der Waals surface area contributed by atoms with Crippen LogP contribution in [0.3, 0.4) is 0 Å². The third kappa shape index (κ3) is 5.71. The van der Waals surface area contributed by atoms with E-state index in [0.29, 0.717) is 13.0 Å². The zero-order chi connectivity index (χ0) is 18.4. The van der Waals surface area contributed by atoms with Crippen LogP contribution in [0.4, 0.5) is 10.1 Å². The fourth-order valence-electron chi connectivity index (χ4n) is 2.58. The lowest BCUT2D eigenvalue weighted by molar-refractivity contribution is -0.132. The first-order valence-electron chi connectivity index (χ1n) is 8.22. The van der Waals surface area contributed by atoms with Crippen molar-refractivity contribution in [2.75, 3.05) is 18.4 Å². The number of rotatable bonds is 6. The average molecular weight is 342 g/mol. The van der Waals surface area contributed by atoms with Crippen LogP contribution in [0.25, 0.3) is 0 Å². The Hall–Kier alpha value is -2.69. The second kappa shape index (κ2) is 8.42. The van der Waals surface area contributed by atoms with Gasteiger partial charge in [0.05, 0.1) is 6.54 Å². The predicted molar refractivity (Wildman–Crippen MR) is 96.9 cm³/mol. The van der Waals surface area contributed by atoms with Gasteiger partial charge in [-0.15, -0.1) is 0 Å². The van der Waals surface area contributed by atoms with Crippen LogP contribution in [0, 0.1) is 19.7 Å². The predicted octanol–water partition coefficient (Wildman–Crippen LogP) is 3.47. The highest BCUT2D eigenvalue weighted by Crippen LogP contribution is 2.16. The Balaban J connectivity index is 1.94. The van der Waals surface area contributed by atoms with E-state index >= 15 is 0 Å². The SMILES string of the molecule is CC(=O)N(CCc1ccc(F)cc1)CC(=O)Nc1ccc(C)cc1C. The van der Waals surface area contributed by atoms with Crippen LogP contribution in [0.2, 0.25) is 0 Å². The Labute approximate surface area is 147 Å². The third-order valence-electron chi connectivity index (χ3n) is 4.02. The van der Waals surface area contributed by atoms with Gasteiger partial charge in [0, 0.05) is 19.2 Å². The summed E-state index contributed by atoms with van der Waals surface area (Å²) in [5.74, 6) is -0.695. The average Bonchev–Trinajstić information content (AvgIpc) is 2.55. The normalized spacial score (nSPS) is 10.4. The molecule has 132 valence electrons. The molecule has 0 spiro atoms. The first kappa shape index (κ1) is 18.6. The molecule has 0 unspecified atom stereocenters. The fraction of sp³-hybridized carbons (Fsp3) is 0.300. The molecule has 0 aliphatic rings. The lowest BCUT2D eigenvalue weighted by Crippen LogP contribution is -2.38. The van der Waals surface area contributed by atoms with Crippen molar-refractivity contribution >= 4 is 17.5 Å². The van der Waals surface area contributed by atoms with Gasteiger partial charge >= 0.3 is 0 Å². The van der Waals surface area contributed by atoms with Crippen molar-refractivity contribution in [3.63, 3.8) is 0 Å². The van der Waals surface area contributed by atoms with Gasteiger partial charge in [0.15, 0.2) is 0 Å². The first-order chi connectivity index (χ1) is 11.8. The van der Waals surface area contributed by atoms with E-state index in [-0.39, 0.29) is 24.2 Å². The van der Waals surface area contributed by atoms with E-state index < -0.39 is 0 Å². The summed E-state index contributed by atoms with van der Waals surface area (Å²) in [4.78, 5) is 25.6. The minimum absolute atomic E-state index is 0.0101. The molecule has 2 rings (SSSR count). The van der Waals surface area contributed by atoms with Crippen molar-refractivity contribution in [2.24, 2.45) is 0 Å². The van der Waals surface area contributed by atoms with Gasteiger partial charge in [-0.2, -0.15) is 0 Å². The molecule has 25 heavy (non-hydrogen) atoms. The van der Waals surface area contributed by atoms with E-state index in [2.05, 4.69) is 5.32 Å². The highest BCUT2D eigenvalue weighted by atomic mass is 19.1. The monoisotopic (exact) mass is 342 g/mol. The number of anilines is 1. The van der Waals surface area contributed by atoms with Crippen molar-refractivity contribution < 1.29 is 14.0 Å². The maximum absolute atomic E-state index is 12.9. The molecule has 0 saturated carbocycles. The molecule has 2 amide bonds. The van der Waals surface area contributed by atoms with Crippen LogP contribution in [0.5, 0.6) is 0 Å². The largest absolute Gasteiger partial charge is 0.333 e. The number of halogens is 1. The number of carbonyl (C=O) groups is 2. The maximum atomic E-state index is 12.9. The van der Waals surface area contributed by atoms with E-state index in [1.165, 1.54) is 24.0 Å². The second-order valence-corrected chi connectivity index (χ2v) is 6.18. The molecule has 0 heterocycles. The Kier molecular flexibility index (Phi) is 6.28. The molecule has 0 fully saturated rings. The van der Waals surface area contributed by atoms with Gasteiger partial charge in [-0.1, -0.05) is 29.8 Å². The number of nitrogens with one attached hydrogen (secondary N) is 1.